The van der Waals surface area contributed by atoms with E-state index in [-0.39, 0.29) is 13.2 Å². The van der Waals surface area contributed by atoms with E-state index in [1.807, 2.05) is 5.48 Å². The zero-order chi connectivity index (χ0) is 15.2. The molecule has 1 amide bonds. The Morgan fingerprint density at radius 2 is 1.80 bits per heavy atom. The van der Waals surface area contributed by atoms with Gasteiger partial charge in [-0.3, -0.25) is 4.84 Å². The van der Waals surface area contributed by atoms with Crippen LogP contribution in [0.4, 0.5) is 13.6 Å². The molecule has 0 aliphatic carbocycles. The Balaban J connectivity index is 2.24. The van der Waals surface area contributed by atoms with E-state index in [0.717, 1.165) is 12.1 Å². The summed E-state index contributed by atoms with van der Waals surface area (Å²) in [6.45, 7) is 4.89. The summed E-state index contributed by atoms with van der Waals surface area (Å²) in [6.07, 6.45) is -0.755. The van der Waals surface area contributed by atoms with Crippen molar-refractivity contribution in [1.29, 1.82) is 0 Å². The first-order valence-electron chi connectivity index (χ1n) is 5.97. The Bertz CT molecular complexity index is 440. The zero-order valence-corrected chi connectivity index (χ0v) is 11.5. The molecule has 0 radical (unpaired) electrons. The van der Waals surface area contributed by atoms with Crippen molar-refractivity contribution >= 4 is 6.09 Å². The molecule has 7 heteroatoms. The molecule has 0 saturated heterocycles. The van der Waals surface area contributed by atoms with Gasteiger partial charge in [-0.2, -0.15) is 5.48 Å². The highest BCUT2D eigenvalue weighted by Gasteiger charge is 2.16. The van der Waals surface area contributed by atoms with Crippen LogP contribution in [0.15, 0.2) is 18.2 Å². The van der Waals surface area contributed by atoms with Crippen molar-refractivity contribution in [3.8, 4) is 5.75 Å². The molecule has 0 aliphatic rings. The van der Waals surface area contributed by atoms with Crippen LogP contribution in [0.5, 0.6) is 5.75 Å². The molecule has 112 valence electrons. The third-order valence-electron chi connectivity index (χ3n) is 1.91. The van der Waals surface area contributed by atoms with E-state index in [1.54, 1.807) is 20.8 Å². The average molecular weight is 289 g/mol. The zero-order valence-electron chi connectivity index (χ0n) is 11.5. The lowest BCUT2D eigenvalue weighted by Crippen LogP contribution is -2.33. The van der Waals surface area contributed by atoms with Crippen LogP contribution in [0.2, 0.25) is 0 Å². The smallest absolute Gasteiger partial charge is 0.431 e. The number of para-hydroxylation sites is 1. The van der Waals surface area contributed by atoms with E-state index in [9.17, 15) is 13.6 Å². The second-order valence-corrected chi connectivity index (χ2v) is 4.85. The molecule has 0 spiro atoms. The van der Waals surface area contributed by atoms with Gasteiger partial charge in [-0.25, -0.2) is 13.6 Å². The van der Waals surface area contributed by atoms with Crippen LogP contribution in [0.25, 0.3) is 0 Å². The number of hydrogen-bond acceptors (Lipinski definition) is 4. The highest BCUT2D eigenvalue weighted by atomic mass is 19.1. The maximum absolute atomic E-state index is 13.2. The Kier molecular flexibility index (Phi) is 5.69. The van der Waals surface area contributed by atoms with Crippen molar-refractivity contribution in [2.75, 3.05) is 13.2 Å². The molecule has 1 aromatic rings. The van der Waals surface area contributed by atoms with Crippen LogP contribution in [-0.2, 0) is 9.57 Å². The lowest BCUT2D eigenvalue weighted by molar-refractivity contribution is -0.0149. The monoisotopic (exact) mass is 289 g/mol. The second-order valence-electron chi connectivity index (χ2n) is 4.85. The number of halogens is 2. The molecular formula is C13H17F2NO4. The molecule has 0 saturated carbocycles. The summed E-state index contributed by atoms with van der Waals surface area (Å²) in [4.78, 5) is 15.9. The molecule has 20 heavy (non-hydrogen) atoms. The van der Waals surface area contributed by atoms with Gasteiger partial charge in [0.15, 0.2) is 17.4 Å². The molecule has 0 aliphatic heterocycles. The Hall–Kier alpha value is -1.89. The number of hydroxylamine groups is 1. The normalized spacial score (nSPS) is 11.1. The molecule has 0 unspecified atom stereocenters. The third kappa shape index (κ3) is 5.83. The molecule has 5 nitrogen and oxygen atoms in total. The van der Waals surface area contributed by atoms with Gasteiger partial charge in [-0.15, -0.1) is 0 Å². The van der Waals surface area contributed by atoms with Crippen LogP contribution in [0.3, 0.4) is 0 Å². The Morgan fingerprint density at radius 1 is 1.20 bits per heavy atom. The maximum Gasteiger partial charge on any atom is 0.431 e. The SMILES string of the molecule is CC(C)(C)OC(=O)NOCCOc1c(F)cccc1F. The predicted octanol–water partition coefficient (Wildman–Crippen LogP) is 2.80. The second kappa shape index (κ2) is 7.04. The molecule has 0 fully saturated rings. The van der Waals surface area contributed by atoms with Crippen molar-refractivity contribution < 1.29 is 27.9 Å². The number of ether oxygens (including phenoxy) is 2. The van der Waals surface area contributed by atoms with E-state index < -0.39 is 29.1 Å². The van der Waals surface area contributed by atoms with Gasteiger partial charge in [-0.1, -0.05) is 6.07 Å². The van der Waals surface area contributed by atoms with Crippen molar-refractivity contribution in [1.82, 2.24) is 5.48 Å². The van der Waals surface area contributed by atoms with Crippen molar-refractivity contribution in [2.24, 2.45) is 0 Å². The molecular weight excluding hydrogens is 272 g/mol. The number of nitrogens with one attached hydrogen (secondary N) is 1. The molecule has 0 bridgehead atoms. The van der Waals surface area contributed by atoms with Crippen LogP contribution >= 0.6 is 0 Å². The number of rotatable bonds is 5. The minimum atomic E-state index is -0.801. The topological polar surface area (TPSA) is 56.8 Å². The first-order valence-corrected chi connectivity index (χ1v) is 5.97. The molecule has 1 N–H and O–H groups in total. The van der Waals surface area contributed by atoms with E-state index in [2.05, 4.69) is 0 Å². The first-order chi connectivity index (χ1) is 9.29. The number of amides is 1. The molecule has 0 atom stereocenters. The minimum absolute atomic E-state index is 0.0903. The average Bonchev–Trinajstić information content (AvgIpc) is 2.29. The minimum Gasteiger partial charge on any atom is -0.485 e. The molecule has 1 aromatic carbocycles. The van der Waals surface area contributed by atoms with E-state index in [1.165, 1.54) is 6.07 Å². The van der Waals surface area contributed by atoms with Gasteiger partial charge in [0.25, 0.3) is 0 Å². The van der Waals surface area contributed by atoms with Gasteiger partial charge >= 0.3 is 6.09 Å². The highest BCUT2D eigenvalue weighted by molar-refractivity contribution is 5.66. The van der Waals surface area contributed by atoms with Crippen LogP contribution < -0.4 is 10.2 Å². The van der Waals surface area contributed by atoms with Crippen LogP contribution in [0, 0.1) is 11.6 Å². The van der Waals surface area contributed by atoms with Gasteiger partial charge in [0.2, 0.25) is 0 Å². The van der Waals surface area contributed by atoms with Crippen molar-refractivity contribution in [2.45, 2.75) is 26.4 Å². The number of carbonyl (C=O) groups is 1. The molecule has 0 aromatic heterocycles. The lowest BCUT2D eigenvalue weighted by Gasteiger charge is -2.19. The summed E-state index contributed by atoms with van der Waals surface area (Å²) < 4.78 is 36.1. The molecule has 0 heterocycles. The summed E-state index contributed by atoms with van der Waals surface area (Å²) in [6, 6.07) is 3.40. The molecule has 1 rings (SSSR count). The van der Waals surface area contributed by atoms with Crippen LogP contribution in [-0.4, -0.2) is 24.9 Å². The largest absolute Gasteiger partial charge is 0.485 e. The van der Waals surface area contributed by atoms with Gasteiger partial charge < -0.3 is 9.47 Å². The number of carbonyl (C=O) groups excluding carboxylic acids is 1. The lowest BCUT2D eigenvalue weighted by atomic mass is 10.2. The summed E-state index contributed by atoms with van der Waals surface area (Å²) in [5.41, 5.74) is 1.39. The Morgan fingerprint density at radius 3 is 2.35 bits per heavy atom. The van der Waals surface area contributed by atoms with E-state index >= 15 is 0 Å². The standard InChI is InChI=1S/C13H17F2NO4/c1-13(2,3)20-12(17)16-19-8-7-18-11-9(14)5-4-6-10(11)15/h4-6H,7-8H2,1-3H3,(H,16,17). The summed E-state index contributed by atoms with van der Waals surface area (Å²) in [7, 11) is 0. The maximum atomic E-state index is 13.2. The fourth-order valence-electron chi connectivity index (χ4n) is 1.21. The highest BCUT2D eigenvalue weighted by Crippen LogP contribution is 2.20. The quantitative estimate of drug-likeness (QED) is 0.669. The van der Waals surface area contributed by atoms with Crippen molar-refractivity contribution in [3.63, 3.8) is 0 Å². The summed E-state index contributed by atoms with van der Waals surface area (Å²) in [5.74, 6) is -2.08. The summed E-state index contributed by atoms with van der Waals surface area (Å²) in [5, 5.41) is 0. The van der Waals surface area contributed by atoms with Gasteiger partial charge in [0, 0.05) is 0 Å². The van der Waals surface area contributed by atoms with Gasteiger partial charge in [0.1, 0.15) is 18.8 Å². The third-order valence-corrected chi connectivity index (χ3v) is 1.91. The van der Waals surface area contributed by atoms with E-state index in [4.69, 9.17) is 14.3 Å². The fourth-order valence-corrected chi connectivity index (χ4v) is 1.21. The number of benzene rings is 1. The fraction of sp³-hybridized carbons (Fsp3) is 0.462. The number of hydrogen-bond donors (Lipinski definition) is 1. The van der Waals surface area contributed by atoms with E-state index in [0.29, 0.717) is 0 Å². The van der Waals surface area contributed by atoms with Gasteiger partial charge in [0.05, 0.1) is 0 Å². The van der Waals surface area contributed by atoms with Crippen LogP contribution in [0.1, 0.15) is 20.8 Å². The summed E-state index contributed by atoms with van der Waals surface area (Å²) >= 11 is 0. The van der Waals surface area contributed by atoms with Crippen molar-refractivity contribution in [3.05, 3.63) is 29.8 Å². The predicted molar refractivity (Wildman–Crippen MR) is 67.2 cm³/mol. The Labute approximate surface area is 115 Å². The first kappa shape index (κ1) is 16.2. The van der Waals surface area contributed by atoms with Gasteiger partial charge in [-0.05, 0) is 32.9 Å².